The van der Waals surface area contributed by atoms with E-state index in [9.17, 15) is 9.59 Å². The van der Waals surface area contributed by atoms with Crippen molar-refractivity contribution in [3.63, 3.8) is 0 Å². The Morgan fingerprint density at radius 1 is 0.769 bits per heavy atom. The lowest BCUT2D eigenvalue weighted by Crippen LogP contribution is -2.03. The van der Waals surface area contributed by atoms with E-state index in [-0.39, 0.29) is 0 Å². The Labute approximate surface area is 160 Å². The largest absolute Gasteiger partial charge is 0.385 e. The van der Waals surface area contributed by atoms with Crippen LogP contribution in [0.2, 0.25) is 0 Å². The second-order valence-corrected chi connectivity index (χ2v) is 7.23. The number of aldehydes is 1. The number of rotatable bonds is 17. The van der Waals surface area contributed by atoms with Gasteiger partial charge in [0.25, 0.3) is 0 Å². The molecule has 1 aromatic carbocycles. The standard InChI is InChI=1S/C23H37NO2/c1-2-3-4-5-6-7-8-9-10-11-12-13-14-19-24-22-17-15-21(16-18-22)23(26)20-25/h15-18,20,24H,2-14,19H2,1H3. The van der Waals surface area contributed by atoms with Gasteiger partial charge in [0.05, 0.1) is 0 Å². The predicted octanol–water partition coefficient (Wildman–Crippen LogP) is 6.57. The first-order valence-corrected chi connectivity index (χ1v) is 10.6. The summed E-state index contributed by atoms with van der Waals surface area (Å²) in [5, 5.41) is 3.37. The third kappa shape index (κ3) is 11.1. The van der Waals surface area contributed by atoms with E-state index in [1.165, 1.54) is 83.5 Å². The van der Waals surface area contributed by atoms with Crippen LogP contribution in [0.3, 0.4) is 0 Å². The van der Waals surface area contributed by atoms with Crippen molar-refractivity contribution < 1.29 is 9.59 Å². The van der Waals surface area contributed by atoms with Crippen molar-refractivity contribution in [1.82, 2.24) is 0 Å². The molecule has 1 aromatic rings. The Kier molecular flexibility index (Phi) is 13.4. The number of carbonyl (C=O) groups is 2. The van der Waals surface area contributed by atoms with Gasteiger partial charge in [-0.25, -0.2) is 0 Å². The number of hydrogen-bond donors (Lipinski definition) is 1. The van der Waals surface area contributed by atoms with E-state index in [4.69, 9.17) is 0 Å². The van der Waals surface area contributed by atoms with Crippen molar-refractivity contribution in [2.75, 3.05) is 11.9 Å². The van der Waals surface area contributed by atoms with Gasteiger partial charge in [-0.1, -0.05) is 84.0 Å². The third-order valence-corrected chi connectivity index (χ3v) is 4.89. The zero-order valence-corrected chi connectivity index (χ0v) is 16.6. The lowest BCUT2D eigenvalue weighted by molar-refractivity contribution is -0.104. The van der Waals surface area contributed by atoms with Crippen molar-refractivity contribution in [2.24, 2.45) is 0 Å². The van der Waals surface area contributed by atoms with E-state index in [2.05, 4.69) is 12.2 Å². The fraction of sp³-hybridized carbons (Fsp3) is 0.652. The molecule has 0 atom stereocenters. The molecule has 0 unspecified atom stereocenters. The summed E-state index contributed by atoms with van der Waals surface area (Å²) < 4.78 is 0. The average Bonchev–Trinajstić information content (AvgIpc) is 2.68. The summed E-state index contributed by atoms with van der Waals surface area (Å²) in [5.74, 6) is -0.465. The number of Topliss-reactive ketones (excluding diaryl/α,β-unsaturated/α-hetero) is 1. The van der Waals surface area contributed by atoms with Gasteiger partial charge in [-0.3, -0.25) is 9.59 Å². The van der Waals surface area contributed by atoms with Crippen LogP contribution in [0.4, 0.5) is 5.69 Å². The van der Waals surface area contributed by atoms with Crippen molar-refractivity contribution in [3.8, 4) is 0 Å². The quantitative estimate of drug-likeness (QED) is 0.148. The Hall–Kier alpha value is -1.64. The average molecular weight is 360 g/mol. The van der Waals surface area contributed by atoms with E-state index in [0.717, 1.165) is 12.2 Å². The molecule has 0 fully saturated rings. The minimum absolute atomic E-state index is 0.357. The molecule has 0 saturated carbocycles. The minimum Gasteiger partial charge on any atom is -0.385 e. The van der Waals surface area contributed by atoms with Gasteiger partial charge < -0.3 is 5.32 Å². The normalized spacial score (nSPS) is 10.7. The molecule has 0 spiro atoms. The van der Waals surface area contributed by atoms with Crippen LogP contribution >= 0.6 is 0 Å². The molecule has 0 heterocycles. The number of unbranched alkanes of at least 4 members (excludes halogenated alkanes) is 12. The molecule has 146 valence electrons. The monoisotopic (exact) mass is 359 g/mol. The summed E-state index contributed by atoms with van der Waals surface area (Å²) in [5.41, 5.74) is 1.46. The molecular formula is C23H37NO2. The molecule has 0 amide bonds. The first kappa shape index (κ1) is 22.4. The molecule has 3 nitrogen and oxygen atoms in total. The number of nitrogens with one attached hydrogen (secondary N) is 1. The molecule has 3 heteroatoms. The molecule has 0 bridgehead atoms. The number of carbonyl (C=O) groups excluding carboxylic acids is 2. The van der Waals surface area contributed by atoms with E-state index in [1.807, 2.05) is 12.1 Å². The van der Waals surface area contributed by atoms with Gasteiger partial charge in [0, 0.05) is 17.8 Å². The molecule has 0 radical (unpaired) electrons. The van der Waals surface area contributed by atoms with E-state index in [0.29, 0.717) is 11.8 Å². The maximum absolute atomic E-state index is 11.2. The Balaban J connectivity index is 1.89. The first-order chi connectivity index (χ1) is 12.8. The first-order valence-electron chi connectivity index (χ1n) is 10.6. The lowest BCUT2D eigenvalue weighted by Gasteiger charge is -2.07. The molecule has 1 rings (SSSR count). The summed E-state index contributed by atoms with van der Waals surface area (Å²) in [7, 11) is 0. The molecule has 0 aromatic heterocycles. The zero-order valence-electron chi connectivity index (χ0n) is 16.6. The van der Waals surface area contributed by atoms with E-state index >= 15 is 0 Å². The highest BCUT2D eigenvalue weighted by atomic mass is 16.2. The van der Waals surface area contributed by atoms with Crippen LogP contribution < -0.4 is 5.32 Å². The second-order valence-electron chi connectivity index (χ2n) is 7.23. The minimum atomic E-state index is -0.465. The molecule has 0 aliphatic heterocycles. The predicted molar refractivity (Wildman–Crippen MR) is 111 cm³/mol. The third-order valence-electron chi connectivity index (χ3n) is 4.89. The fourth-order valence-electron chi connectivity index (χ4n) is 3.20. The highest BCUT2D eigenvalue weighted by molar-refractivity contribution is 6.33. The van der Waals surface area contributed by atoms with E-state index < -0.39 is 5.78 Å². The van der Waals surface area contributed by atoms with Gasteiger partial charge in [0.1, 0.15) is 0 Å². The van der Waals surface area contributed by atoms with Gasteiger partial charge in [-0.2, -0.15) is 0 Å². The summed E-state index contributed by atoms with van der Waals surface area (Å²) in [6.45, 7) is 3.23. The van der Waals surface area contributed by atoms with Gasteiger partial charge in [-0.05, 0) is 30.7 Å². The second kappa shape index (κ2) is 15.6. The van der Waals surface area contributed by atoms with Crippen LogP contribution in [-0.2, 0) is 4.79 Å². The van der Waals surface area contributed by atoms with Crippen LogP contribution in [0, 0.1) is 0 Å². The highest BCUT2D eigenvalue weighted by Crippen LogP contribution is 2.13. The zero-order chi connectivity index (χ0) is 18.9. The van der Waals surface area contributed by atoms with Crippen LogP contribution in [-0.4, -0.2) is 18.6 Å². The summed E-state index contributed by atoms with van der Waals surface area (Å²) in [6, 6.07) is 7.11. The van der Waals surface area contributed by atoms with Gasteiger partial charge >= 0.3 is 0 Å². The number of ketones is 1. The number of hydrogen-bond acceptors (Lipinski definition) is 3. The van der Waals surface area contributed by atoms with Crippen molar-refractivity contribution in [2.45, 2.75) is 90.4 Å². The van der Waals surface area contributed by atoms with Crippen LogP contribution in [0.15, 0.2) is 24.3 Å². The maximum Gasteiger partial charge on any atom is 0.225 e. The molecule has 1 N–H and O–H groups in total. The van der Waals surface area contributed by atoms with Gasteiger partial charge in [0.2, 0.25) is 5.78 Å². The molecule has 26 heavy (non-hydrogen) atoms. The Morgan fingerprint density at radius 2 is 1.23 bits per heavy atom. The maximum atomic E-state index is 11.2. The van der Waals surface area contributed by atoms with Gasteiger partial charge in [-0.15, -0.1) is 0 Å². The van der Waals surface area contributed by atoms with Crippen molar-refractivity contribution >= 4 is 17.8 Å². The molecule has 0 saturated heterocycles. The molecular weight excluding hydrogens is 322 g/mol. The van der Waals surface area contributed by atoms with Crippen LogP contribution in [0.1, 0.15) is 101 Å². The fourth-order valence-corrected chi connectivity index (χ4v) is 3.20. The van der Waals surface area contributed by atoms with E-state index in [1.54, 1.807) is 12.1 Å². The van der Waals surface area contributed by atoms with Crippen molar-refractivity contribution in [1.29, 1.82) is 0 Å². The molecule has 0 aliphatic rings. The van der Waals surface area contributed by atoms with Crippen molar-refractivity contribution in [3.05, 3.63) is 29.8 Å². The Morgan fingerprint density at radius 3 is 1.69 bits per heavy atom. The number of benzene rings is 1. The van der Waals surface area contributed by atoms with Gasteiger partial charge in [0.15, 0.2) is 6.29 Å². The highest BCUT2D eigenvalue weighted by Gasteiger charge is 2.02. The van der Waals surface area contributed by atoms with Crippen LogP contribution in [0.5, 0.6) is 0 Å². The Bertz CT molecular complexity index is 481. The summed E-state index contributed by atoms with van der Waals surface area (Å²) in [4.78, 5) is 21.7. The smallest absolute Gasteiger partial charge is 0.225 e. The SMILES string of the molecule is CCCCCCCCCCCCCCCNc1ccc(C(=O)C=O)cc1. The lowest BCUT2D eigenvalue weighted by atomic mass is 10.0. The molecule has 0 aliphatic carbocycles. The number of anilines is 1. The summed E-state index contributed by atoms with van der Waals surface area (Å²) in [6.07, 6.45) is 18.1. The summed E-state index contributed by atoms with van der Waals surface area (Å²) >= 11 is 0. The van der Waals surface area contributed by atoms with Crippen LogP contribution in [0.25, 0.3) is 0 Å². The topological polar surface area (TPSA) is 46.2 Å².